The number of rotatable bonds is 4. The molecule has 7 heteroatoms. The molecule has 2 aromatic rings. The third kappa shape index (κ3) is 2.92. The summed E-state index contributed by atoms with van der Waals surface area (Å²) in [5.74, 6) is 0.362. The standard InChI is InChI=1S/C20H26N2O4S/c1-19(2)11-20(12-21(3)4)13-22(10-17(19)20)27(24,25)15-6-7-16-14(9-15)5-8-18(23)26-16/h5-9,17H,10-13H2,1-4H3/t17-,20+/m1/s1. The van der Waals surface area contributed by atoms with Crippen LogP contribution in [0.1, 0.15) is 20.3 Å². The van der Waals surface area contributed by atoms with Crippen molar-refractivity contribution >= 4 is 21.0 Å². The molecule has 2 fully saturated rings. The molecule has 0 radical (unpaired) electrons. The summed E-state index contributed by atoms with van der Waals surface area (Å²) in [5.41, 5.74) is 0.145. The molecule has 27 heavy (non-hydrogen) atoms. The van der Waals surface area contributed by atoms with Gasteiger partial charge in [-0.25, -0.2) is 13.2 Å². The topological polar surface area (TPSA) is 70.8 Å². The SMILES string of the molecule is CN(C)C[C@@]12CN(S(=O)(=O)c3ccc4oc(=O)ccc4c3)C[C@@H]1C(C)(C)C2. The van der Waals surface area contributed by atoms with Crippen LogP contribution in [-0.2, 0) is 10.0 Å². The largest absolute Gasteiger partial charge is 0.423 e. The second-order valence-corrected chi connectivity index (χ2v) is 11.0. The maximum Gasteiger partial charge on any atom is 0.336 e. The Labute approximate surface area is 159 Å². The molecule has 2 heterocycles. The number of fused-ring (bicyclic) bond motifs is 2. The monoisotopic (exact) mass is 390 g/mol. The van der Waals surface area contributed by atoms with E-state index in [4.69, 9.17) is 4.42 Å². The molecular formula is C20H26N2O4S. The summed E-state index contributed by atoms with van der Waals surface area (Å²) in [6.07, 6.45) is 1.04. The summed E-state index contributed by atoms with van der Waals surface area (Å²) in [5, 5.41) is 0.612. The van der Waals surface area contributed by atoms with Crippen LogP contribution in [0.2, 0.25) is 0 Å². The minimum Gasteiger partial charge on any atom is -0.423 e. The fourth-order valence-corrected chi connectivity index (χ4v) is 7.05. The van der Waals surface area contributed by atoms with Gasteiger partial charge in [-0.1, -0.05) is 13.8 Å². The lowest BCUT2D eigenvalue weighted by atomic mass is 9.48. The number of hydrogen-bond donors (Lipinski definition) is 0. The van der Waals surface area contributed by atoms with Crippen molar-refractivity contribution in [3.63, 3.8) is 0 Å². The summed E-state index contributed by atoms with van der Waals surface area (Å²) >= 11 is 0. The molecule has 146 valence electrons. The molecule has 1 saturated heterocycles. The highest BCUT2D eigenvalue weighted by Gasteiger charge is 2.64. The van der Waals surface area contributed by atoms with E-state index < -0.39 is 15.6 Å². The van der Waals surface area contributed by atoms with E-state index in [-0.39, 0.29) is 15.7 Å². The van der Waals surface area contributed by atoms with Crippen LogP contribution >= 0.6 is 0 Å². The van der Waals surface area contributed by atoms with E-state index in [1.54, 1.807) is 22.5 Å². The van der Waals surface area contributed by atoms with Gasteiger partial charge in [-0.15, -0.1) is 0 Å². The summed E-state index contributed by atoms with van der Waals surface area (Å²) in [4.78, 5) is 13.8. The van der Waals surface area contributed by atoms with Gasteiger partial charge in [0.15, 0.2) is 0 Å². The molecule has 1 aromatic heterocycles. The predicted octanol–water partition coefficient (Wildman–Crippen LogP) is 2.39. The highest BCUT2D eigenvalue weighted by atomic mass is 32.2. The molecule has 6 nitrogen and oxygen atoms in total. The van der Waals surface area contributed by atoms with Crippen molar-refractivity contribution in [2.45, 2.75) is 25.2 Å². The van der Waals surface area contributed by atoms with Crippen molar-refractivity contribution in [1.29, 1.82) is 0 Å². The first kappa shape index (κ1) is 18.7. The number of benzene rings is 1. The molecule has 1 saturated carbocycles. The Morgan fingerprint density at radius 3 is 2.63 bits per heavy atom. The van der Waals surface area contributed by atoms with Gasteiger partial charge in [-0.05, 0) is 56.1 Å². The maximum absolute atomic E-state index is 13.3. The fraction of sp³-hybridized carbons (Fsp3) is 0.550. The van der Waals surface area contributed by atoms with Crippen LogP contribution in [0, 0.1) is 16.7 Å². The van der Waals surface area contributed by atoms with Crippen molar-refractivity contribution in [1.82, 2.24) is 9.21 Å². The second-order valence-electron chi connectivity index (χ2n) is 9.07. The lowest BCUT2D eigenvalue weighted by Crippen LogP contribution is -2.57. The molecule has 0 unspecified atom stereocenters. The lowest BCUT2D eigenvalue weighted by molar-refractivity contribution is -0.0789. The Hall–Kier alpha value is -1.70. The molecule has 1 aliphatic carbocycles. The van der Waals surface area contributed by atoms with Crippen LogP contribution in [-0.4, -0.2) is 51.4 Å². The van der Waals surface area contributed by atoms with Gasteiger partial charge in [-0.2, -0.15) is 4.31 Å². The van der Waals surface area contributed by atoms with E-state index in [1.807, 2.05) is 14.1 Å². The van der Waals surface area contributed by atoms with Crippen molar-refractivity contribution in [3.05, 3.63) is 40.8 Å². The zero-order chi connectivity index (χ0) is 19.6. The molecule has 0 N–H and O–H groups in total. The summed E-state index contributed by atoms with van der Waals surface area (Å²) in [7, 11) is 0.499. The zero-order valence-electron chi connectivity index (χ0n) is 16.2. The van der Waals surface area contributed by atoms with Crippen LogP contribution in [0.4, 0.5) is 0 Å². The van der Waals surface area contributed by atoms with Crippen LogP contribution in [0.15, 0.2) is 44.4 Å². The van der Waals surface area contributed by atoms with Crippen LogP contribution in [0.25, 0.3) is 11.0 Å². The van der Waals surface area contributed by atoms with Gasteiger partial charge in [0.2, 0.25) is 10.0 Å². The van der Waals surface area contributed by atoms with Gasteiger partial charge in [0.05, 0.1) is 4.90 Å². The van der Waals surface area contributed by atoms with Crippen molar-refractivity contribution < 1.29 is 12.8 Å². The van der Waals surface area contributed by atoms with Crippen molar-refractivity contribution in [2.75, 3.05) is 33.7 Å². The molecule has 0 bridgehead atoms. The third-order valence-electron chi connectivity index (χ3n) is 6.23. The number of hydrogen-bond acceptors (Lipinski definition) is 5. The van der Waals surface area contributed by atoms with E-state index in [0.29, 0.717) is 30.0 Å². The highest BCUT2D eigenvalue weighted by molar-refractivity contribution is 7.89. The Morgan fingerprint density at radius 2 is 1.96 bits per heavy atom. The summed E-state index contributed by atoms with van der Waals surface area (Å²) in [6.45, 7) is 6.49. The van der Waals surface area contributed by atoms with Crippen molar-refractivity contribution in [2.24, 2.45) is 16.7 Å². The molecule has 2 aliphatic rings. The van der Waals surface area contributed by atoms with Gasteiger partial charge < -0.3 is 9.32 Å². The molecule has 4 rings (SSSR count). The van der Waals surface area contributed by atoms with Gasteiger partial charge in [0.1, 0.15) is 5.58 Å². The van der Waals surface area contributed by atoms with Gasteiger partial charge in [0, 0.05) is 36.5 Å². The molecule has 2 atom stereocenters. The third-order valence-corrected chi connectivity index (χ3v) is 8.03. The van der Waals surface area contributed by atoms with E-state index in [2.05, 4.69) is 18.7 Å². The first-order valence-corrected chi connectivity index (χ1v) is 10.7. The number of nitrogens with zero attached hydrogens (tertiary/aromatic N) is 2. The molecular weight excluding hydrogens is 364 g/mol. The summed E-state index contributed by atoms with van der Waals surface area (Å²) in [6, 6.07) is 7.60. The Balaban J connectivity index is 1.69. The van der Waals surface area contributed by atoms with Gasteiger partial charge in [0.25, 0.3) is 0 Å². The maximum atomic E-state index is 13.3. The van der Waals surface area contributed by atoms with Crippen molar-refractivity contribution in [3.8, 4) is 0 Å². The van der Waals surface area contributed by atoms with E-state index >= 15 is 0 Å². The lowest BCUT2D eigenvalue weighted by Gasteiger charge is -2.57. The second kappa shape index (κ2) is 5.90. The van der Waals surface area contributed by atoms with E-state index in [9.17, 15) is 13.2 Å². The average Bonchev–Trinajstić information content (AvgIpc) is 2.88. The molecule has 0 amide bonds. The van der Waals surface area contributed by atoms with E-state index in [0.717, 1.165) is 13.0 Å². The molecule has 1 aromatic carbocycles. The molecule has 1 aliphatic heterocycles. The van der Waals surface area contributed by atoms with Crippen LogP contribution in [0.3, 0.4) is 0 Å². The predicted molar refractivity (Wildman–Crippen MR) is 104 cm³/mol. The molecule has 0 spiro atoms. The van der Waals surface area contributed by atoms with Crippen LogP contribution < -0.4 is 5.63 Å². The summed E-state index contributed by atoms with van der Waals surface area (Å²) < 4.78 is 33.4. The Morgan fingerprint density at radius 1 is 1.22 bits per heavy atom. The first-order chi connectivity index (χ1) is 12.5. The smallest absolute Gasteiger partial charge is 0.336 e. The van der Waals surface area contributed by atoms with Crippen LogP contribution in [0.5, 0.6) is 0 Å². The van der Waals surface area contributed by atoms with Gasteiger partial charge in [-0.3, -0.25) is 0 Å². The minimum absolute atomic E-state index is 0.0315. The Kier molecular flexibility index (Phi) is 4.07. The van der Waals surface area contributed by atoms with Gasteiger partial charge >= 0.3 is 5.63 Å². The minimum atomic E-state index is -3.60. The quantitative estimate of drug-likeness (QED) is 0.750. The average molecular weight is 391 g/mol. The Bertz CT molecular complexity index is 1050. The number of sulfonamides is 1. The first-order valence-electron chi connectivity index (χ1n) is 9.22. The van der Waals surface area contributed by atoms with E-state index in [1.165, 1.54) is 12.1 Å². The zero-order valence-corrected chi connectivity index (χ0v) is 17.0. The highest BCUT2D eigenvalue weighted by Crippen LogP contribution is 2.63. The fourth-order valence-electron chi connectivity index (χ4n) is 5.47. The normalized spacial score (nSPS) is 27.7.